The van der Waals surface area contributed by atoms with Gasteiger partial charge in [-0.25, -0.2) is 0 Å². The van der Waals surface area contributed by atoms with Crippen molar-refractivity contribution in [3.05, 3.63) is 0 Å². The van der Waals surface area contributed by atoms with Crippen molar-refractivity contribution in [2.24, 2.45) is 0 Å². The number of rotatable bonds is 3. The van der Waals surface area contributed by atoms with Crippen molar-refractivity contribution in [3.63, 3.8) is 0 Å². The number of imide groups is 1. The van der Waals surface area contributed by atoms with Crippen LogP contribution >= 0.6 is 0 Å². The molecule has 0 aromatic carbocycles. The Labute approximate surface area is 88.5 Å². The van der Waals surface area contributed by atoms with Gasteiger partial charge in [0.25, 0.3) is 0 Å². The second-order valence-corrected chi connectivity index (χ2v) is 4.18. The van der Waals surface area contributed by atoms with E-state index in [4.69, 9.17) is 4.74 Å². The van der Waals surface area contributed by atoms with Gasteiger partial charge in [-0.15, -0.1) is 0 Å². The first-order chi connectivity index (χ1) is 7.16. The van der Waals surface area contributed by atoms with Crippen molar-refractivity contribution in [3.8, 4) is 0 Å². The lowest BCUT2D eigenvalue weighted by molar-refractivity contribution is -0.125. The van der Waals surface area contributed by atoms with Crippen LogP contribution in [0.5, 0.6) is 0 Å². The van der Waals surface area contributed by atoms with E-state index < -0.39 is 0 Å². The Morgan fingerprint density at radius 2 is 2.33 bits per heavy atom. The van der Waals surface area contributed by atoms with E-state index in [9.17, 15) is 9.59 Å². The second-order valence-electron chi connectivity index (χ2n) is 4.18. The number of ether oxygens (including phenoxy) is 1. The minimum absolute atomic E-state index is 0.120. The Kier molecular flexibility index (Phi) is 3.02. The molecule has 3 atom stereocenters. The van der Waals surface area contributed by atoms with Crippen LogP contribution in [0, 0.1) is 0 Å². The molecular weight excluding hydrogens is 196 g/mol. The van der Waals surface area contributed by atoms with Crippen molar-refractivity contribution in [1.29, 1.82) is 0 Å². The number of carbonyl (C=O) groups excluding carboxylic acids is 2. The third-order valence-corrected chi connectivity index (χ3v) is 2.96. The fourth-order valence-corrected chi connectivity index (χ4v) is 2.11. The van der Waals surface area contributed by atoms with E-state index in [0.29, 0.717) is 0 Å². The monoisotopic (exact) mass is 212 g/mol. The van der Waals surface area contributed by atoms with Gasteiger partial charge in [0.15, 0.2) is 0 Å². The first-order valence-corrected chi connectivity index (χ1v) is 5.38. The summed E-state index contributed by atoms with van der Waals surface area (Å²) in [7, 11) is 0. The summed E-state index contributed by atoms with van der Waals surface area (Å²) in [5, 5.41) is 5.42. The molecule has 5 nitrogen and oxygen atoms in total. The third-order valence-electron chi connectivity index (χ3n) is 2.96. The van der Waals surface area contributed by atoms with E-state index in [1.807, 2.05) is 6.92 Å². The van der Waals surface area contributed by atoms with Crippen LogP contribution in [-0.4, -0.2) is 36.6 Å². The molecule has 2 fully saturated rings. The maximum atomic E-state index is 11.3. The van der Waals surface area contributed by atoms with Gasteiger partial charge >= 0.3 is 0 Å². The van der Waals surface area contributed by atoms with Crippen LogP contribution in [0.4, 0.5) is 0 Å². The number of hydrogen-bond acceptors (Lipinski definition) is 4. The summed E-state index contributed by atoms with van der Waals surface area (Å²) in [4.78, 5) is 22.3. The fourth-order valence-electron chi connectivity index (χ4n) is 2.11. The molecule has 2 saturated heterocycles. The SMILES string of the molecule is CC(NC1CC(=O)NC1=O)C1CCCO1. The zero-order valence-electron chi connectivity index (χ0n) is 8.79. The van der Waals surface area contributed by atoms with E-state index in [-0.39, 0.29) is 36.4 Å². The molecule has 2 aliphatic rings. The molecule has 0 aromatic rings. The van der Waals surface area contributed by atoms with Gasteiger partial charge in [-0.1, -0.05) is 0 Å². The van der Waals surface area contributed by atoms with Gasteiger partial charge in [0.2, 0.25) is 11.8 Å². The molecule has 2 heterocycles. The standard InChI is InChI=1S/C10H16N2O3/c1-6(8-3-2-4-15-8)11-7-5-9(13)12-10(7)14/h6-8,11H,2-5H2,1H3,(H,12,13,14). The van der Waals surface area contributed by atoms with Gasteiger partial charge < -0.3 is 10.1 Å². The minimum atomic E-state index is -0.378. The molecule has 2 rings (SSSR count). The topological polar surface area (TPSA) is 67.4 Å². The predicted molar refractivity (Wildman–Crippen MR) is 53.1 cm³/mol. The van der Waals surface area contributed by atoms with Crippen LogP contribution in [0.15, 0.2) is 0 Å². The Morgan fingerprint density at radius 1 is 1.53 bits per heavy atom. The van der Waals surface area contributed by atoms with E-state index in [1.165, 1.54) is 0 Å². The van der Waals surface area contributed by atoms with Crippen LogP contribution in [0.3, 0.4) is 0 Å². The number of amides is 2. The van der Waals surface area contributed by atoms with Crippen molar-refractivity contribution < 1.29 is 14.3 Å². The summed E-state index contributed by atoms with van der Waals surface area (Å²) in [5.41, 5.74) is 0. The van der Waals surface area contributed by atoms with Gasteiger partial charge in [0, 0.05) is 12.6 Å². The lowest BCUT2D eigenvalue weighted by Crippen LogP contribution is -2.46. The first-order valence-electron chi connectivity index (χ1n) is 5.38. The normalized spacial score (nSPS) is 33.1. The molecule has 3 unspecified atom stereocenters. The van der Waals surface area contributed by atoms with Crippen molar-refractivity contribution in [1.82, 2.24) is 10.6 Å². The maximum Gasteiger partial charge on any atom is 0.244 e. The van der Waals surface area contributed by atoms with Crippen molar-refractivity contribution in [2.45, 2.75) is 44.4 Å². The lowest BCUT2D eigenvalue weighted by Gasteiger charge is -2.22. The molecule has 5 heteroatoms. The summed E-state index contributed by atoms with van der Waals surface area (Å²) in [5.74, 6) is -0.415. The molecule has 2 amide bonds. The molecule has 0 aromatic heterocycles. The van der Waals surface area contributed by atoms with Gasteiger partial charge in [-0.3, -0.25) is 14.9 Å². The molecule has 15 heavy (non-hydrogen) atoms. The zero-order valence-corrected chi connectivity index (χ0v) is 8.79. The third kappa shape index (κ3) is 2.35. The molecule has 0 aliphatic carbocycles. The summed E-state index contributed by atoms with van der Waals surface area (Å²) in [6.45, 7) is 2.79. The number of nitrogens with one attached hydrogen (secondary N) is 2. The molecule has 0 saturated carbocycles. The fraction of sp³-hybridized carbons (Fsp3) is 0.800. The summed E-state index contributed by atoms with van der Waals surface area (Å²) in [6.07, 6.45) is 2.52. The van der Waals surface area contributed by atoms with Crippen LogP contribution in [-0.2, 0) is 14.3 Å². The zero-order chi connectivity index (χ0) is 10.8. The molecule has 0 bridgehead atoms. The van der Waals surface area contributed by atoms with Gasteiger partial charge in [-0.2, -0.15) is 0 Å². The Morgan fingerprint density at radius 3 is 2.87 bits per heavy atom. The highest BCUT2D eigenvalue weighted by Gasteiger charge is 2.33. The molecule has 0 radical (unpaired) electrons. The molecule has 0 spiro atoms. The van der Waals surface area contributed by atoms with E-state index in [0.717, 1.165) is 19.4 Å². The minimum Gasteiger partial charge on any atom is -0.377 e. The largest absolute Gasteiger partial charge is 0.377 e. The number of carbonyl (C=O) groups is 2. The molecule has 2 aliphatic heterocycles. The van der Waals surface area contributed by atoms with Gasteiger partial charge in [0.05, 0.1) is 18.6 Å². The van der Waals surface area contributed by atoms with Crippen molar-refractivity contribution in [2.75, 3.05) is 6.61 Å². The van der Waals surface area contributed by atoms with E-state index >= 15 is 0 Å². The highest BCUT2D eigenvalue weighted by atomic mass is 16.5. The van der Waals surface area contributed by atoms with Crippen LogP contribution in [0.2, 0.25) is 0 Å². The summed E-state index contributed by atoms with van der Waals surface area (Å²) < 4.78 is 5.51. The Balaban J connectivity index is 1.85. The van der Waals surface area contributed by atoms with Crippen molar-refractivity contribution >= 4 is 11.8 Å². The molecule has 2 N–H and O–H groups in total. The average Bonchev–Trinajstić information content (AvgIpc) is 2.76. The highest BCUT2D eigenvalue weighted by molar-refractivity contribution is 6.05. The van der Waals surface area contributed by atoms with E-state index in [1.54, 1.807) is 0 Å². The smallest absolute Gasteiger partial charge is 0.244 e. The van der Waals surface area contributed by atoms with Crippen LogP contribution in [0.25, 0.3) is 0 Å². The van der Waals surface area contributed by atoms with E-state index in [2.05, 4.69) is 10.6 Å². The predicted octanol–water partition coefficient (Wildman–Crippen LogP) is -0.441. The molecular formula is C10H16N2O3. The maximum absolute atomic E-state index is 11.3. The molecule has 84 valence electrons. The first kappa shape index (κ1) is 10.6. The highest BCUT2D eigenvalue weighted by Crippen LogP contribution is 2.16. The average molecular weight is 212 g/mol. The lowest BCUT2D eigenvalue weighted by atomic mass is 10.1. The Hall–Kier alpha value is -0.940. The summed E-state index contributed by atoms with van der Waals surface area (Å²) >= 11 is 0. The van der Waals surface area contributed by atoms with Crippen LogP contribution < -0.4 is 10.6 Å². The van der Waals surface area contributed by atoms with Gasteiger partial charge in [-0.05, 0) is 19.8 Å². The summed E-state index contributed by atoms with van der Waals surface area (Å²) in [6, 6.07) is -0.258. The quantitative estimate of drug-likeness (QED) is 0.622. The van der Waals surface area contributed by atoms with Crippen LogP contribution in [0.1, 0.15) is 26.2 Å². The van der Waals surface area contributed by atoms with Gasteiger partial charge in [0.1, 0.15) is 0 Å². The second kappa shape index (κ2) is 4.28. The Bertz CT molecular complexity index is 274. The number of hydrogen-bond donors (Lipinski definition) is 2.